The van der Waals surface area contributed by atoms with Crippen LogP contribution < -0.4 is 0 Å². The fourth-order valence-electron chi connectivity index (χ4n) is 2.32. The molecule has 0 aliphatic carbocycles. The normalized spacial score (nSPS) is 19.1. The molecule has 3 rings (SSSR count). The van der Waals surface area contributed by atoms with Crippen molar-refractivity contribution in [1.29, 1.82) is 0 Å². The summed E-state index contributed by atoms with van der Waals surface area (Å²) in [6, 6.07) is 13.1. The summed E-state index contributed by atoms with van der Waals surface area (Å²) in [5.74, 6) is 0.0635. The van der Waals surface area contributed by atoms with Crippen LogP contribution in [0, 0.1) is 10.1 Å². The lowest BCUT2D eigenvalue weighted by atomic mass is 10.2. The lowest BCUT2D eigenvalue weighted by Crippen LogP contribution is -2.00. The topological polar surface area (TPSA) is 77.3 Å². The minimum Gasteiger partial charge on any atom is -0.258 e. The highest BCUT2D eigenvalue weighted by Crippen LogP contribution is 2.44. The minimum atomic E-state index is -3.23. The van der Waals surface area contributed by atoms with Crippen LogP contribution in [0.3, 0.4) is 0 Å². The first kappa shape index (κ1) is 14.1. The van der Waals surface area contributed by atoms with Gasteiger partial charge in [0.15, 0.2) is 9.84 Å². The van der Waals surface area contributed by atoms with Gasteiger partial charge in [0.25, 0.3) is 5.69 Å². The van der Waals surface area contributed by atoms with Crippen molar-refractivity contribution in [1.82, 2.24) is 0 Å². The van der Waals surface area contributed by atoms with Crippen LogP contribution in [0.4, 0.5) is 5.69 Å². The van der Waals surface area contributed by atoms with Gasteiger partial charge in [0.1, 0.15) is 0 Å². The molecule has 1 aliphatic rings. The highest BCUT2D eigenvalue weighted by atomic mass is 32.2. The molecule has 0 aromatic heterocycles. The molecule has 7 heteroatoms. The average Bonchev–Trinajstić information content (AvgIpc) is 2.71. The molecule has 1 aliphatic heterocycles. The molecule has 0 bridgehead atoms. The monoisotopic (exact) mass is 321 g/mol. The first-order valence-corrected chi connectivity index (χ1v) is 8.73. The third-order valence-electron chi connectivity index (χ3n) is 3.30. The van der Waals surface area contributed by atoms with E-state index in [1.54, 1.807) is 24.3 Å². The molecule has 1 unspecified atom stereocenters. The summed E-state index contributed by atoms with van der Waals surface area (Å²) in [4.78, 5) is 11.4. The zero-order valence-corrected chi connectivity index (χ0v) is 12.4. The van der Waals surface area contributed by atoms with Crippen molar-refractivity contribution in [2.24, 2.45) is 0 Å². The van der Waals surface area contributed by atoms with E-state index in [1.165, 1.54) is 23.9 Å². The van der Waals surface area contributed by atoms with Crippen LogP contribution in [-0.2, 0) is 9.84 Å². The predicted octanol–water partition coefficient (Wildman–Crippen LogP) is 3.22. The van der Waals surface area contributed by atoms with E-state index in [0.29, 0.717) is 4.90 Å². The van der Waals surface area contributed by atoms with Gasteiger partial charge < -0.3 is 0 Å². The van der Waals surface area contributed by atoms with Crippen molar-refractivity contribution in [3.63, 3.8) is 0 Å². The lowest BCUT2D eigenvalue weighted by molar-refractivity contribution is -0.384. The van der Waals surface area contributed by atoms with Crippen molar-refractivity contribution < 1.29 is 13.3 Å². The number of benzene rings is 2. The van der Waals surface area contributed by atoms with Gasteiger partial charge >= 0.3 is 0 Å². The summed E-state index contributed by atoms with van der Waals surface area (Å²) in [5, 5.41) is 10.5. The van der Waals surface area contributed by atoms with Crippen LogP contribution in [0.25, 0.3) is 0 Å². The summed E-state index contributed by atoms with van der Waals surface area (Å²) >= 11 is 1.41. The Labute approximate surface area is 126 Å². The molecule has 5 nitrogen and oxygen atoms in total. The van der Waals surface area contributed by atoms with Crippen molar-refractivity contribution in [2.75, 3.05) is 5.75 Å². The Balaban J connectivity index is 1.88. The van der Waals surface area contributed by atoms with E-state index < -0.39 is 14.8 Å². The maximum atomic E-state index is 12.1. The SMILES string of the molecule is O=[N+]([O-])c1ccc(SC2CS(=O)(=O)c3ccccc32)cc1. The Morgan fingerprint density at radius 2 is 1.76 bits per heavy atom. The molecule has 1 heterocycles. The summed E-state index contributed by atoms with van der Waals surface area (Å²) in [7, 11) is -3.23. The quantitative estimate of drug-likeness (QED) is 0.641. The number of thioether (sulfide) groups is 1. The van der Waals surface area contributed by atoms with E-state index in [1.807, 2.05) is 12.1 Å². The summed E-state index contributed by atoms with van der Waals surface area (Å²) in [6.07, 6.45) is 0. The molecule has 1 atom stereocenters. The molecule has 0 saturated carbocycles. The van der Waals surface area contributed by atoms with E-state index in [9.17, 15) is 18.5 Å². The second-order valence-corrected chi connectivity index (χ2v) is 7.96. The first-order valence-electron chi connectivity index (χ1n) is 6.20. The molecular formula is C14H11NO4S2. The molecule has 0 N–H and O–H groups in total. The van der Waals surface area contributed by atoms with E-state index in [-0.39, 0.29) is 16.7 Å². The summed E-state index contributed by atoms with van der Waals surface area (Å²) < 4.78 is 24.2. The molecule has 2 aromatic carbocycles. The second kappa shape index (κ2) is 5.16. The van der Waals surface area contributed by atoms with Crippen LogP contribution in [0.5, 0.6) is 0 Å². The average molecular weight is 321 g/mol. The zero-order chi connectivity index (χ0) is 15.0. The van der Waals surface area contributed by atoms with Gasteiger partial charge in [-0.25, -0.2) is 8.42 Å². The molecule has 0 radical (unpaired) electrons. The summed E-state index contributed by atoms with van der Waals surface area (Å²) in [6.45, 7) is 0. The first-order chi connectivity index (χ1) is 9.97. The lowest BCUT2D eigenvalue weighted by Gasteiger charge is -2.09. The van der Waals surface area contributed by atoms with Gasteiger partial charge in [-0.05, 0) is 23.8 Å². The predicted molar refractivity (Wildman–Crippen MR) is 80.2 cm³/mol. The van der Waals surface area contributed by atoms with Crippen LogP contribution >= 0.6 is 11.8 Å². The Hall–Kier alpha value is -1.86. The molecule has 0 fully saturated rings. The van der Waals surface area contributed by atoms with Crippen LogP contribution in [0.2, 0.25) is 0 Å². The van der Waals surface area contributed by atoms with Gasteiger partial charge in [0.2, 0.25) is 0 Å². The Morgan fingerprint density at radius 1 is 1.10 bits per heavy atom. The van der Waals surface area contributed by atoms with Gasteiger partial charge in [-0.2, -0.15) is 0 Å². The number of rotatable bonds is 3. The van der Waals surface area contributed by atoms with Crippen molar-refractivity contribution in [3.05, 3.63) is 64.2 Å². The highest BCUT2D eigenvalue weighted by Gasteiger charge is 2.34. The second-order valence-electron chi connectivity index (χ2n) is 4.68. The standard InChI is InChI=1S/C14H11NO4S2/c16-15(17)10-5-7-11(8-6-10)20-13-9-21(18,19)14-4-2-1-3-12(13)14/h1-8,13H,9H2. The maximum absolute atomic E-state index is 12.1. The van der Waals surface area contributed by atoms with Crippen molar-refractivity contribution >= 4 is 27.3 Å². The van der Waals surface area contributed by atoms with Crippen LogP contribution in [-0.4, -0.2) is 19.1 Å². The van der Waals surface area contributed by atoms with Crippen LogP contribution in [0.15, 0.2) is 58.3 Å². The number of fused-ring (bicyclic) bond motifs is 1. The third kappa shape index (κ3) is 2.66. The Morgan fingerprint density at radius 3 is 2.43 bits per heavy atom. The molecule has 0 spiro atoms. The third-order valence-corrected chi connectivity index (χ3v) is 6.57. The van der Waals surface area contributed by atoms with Gasteiger partial charge in [-0.15, -0.1) is 11.8 Å². The molecule has 21 heavy (non-hydrogen) atoms. The summed E-state index contributed by atoms with van der Waals surface area (Å²) in [5.41, 5.74) is 0.833. The molecule has 0 saturated heterocycles. The fourth-order valence-corrected chi connectivity index (χ4v) is 5.77. The number of non-ortho nitro benzene ring substituents is 1. The van der Waals surface area contributed by atoms with Gasteiger partial charge in [-0.1, -0.05) is 18.2 Å². The van der Waals surface area contributed by atoms with E-state index >= 15 is 0 Å². The number of hydrogen-bond donors (Lipinski definition) is 0. The van der Waals surface area contributed by atoms with Crippen LogP contribution in [0.1, 0.15) is 10.8 Å². The van der Waals surface area contributed by atoms with Crippen molar-refractivity contribution in [3.8, 4) is 0 Å². The number of nitrogens with zero attached hydrogens (tertiary/aromatic N) is 1. The molecule has 2 aromatic rings. The van der Waals surface area contributed by atoms with E-state index in [4.69, 9.17) is 0 Å². The molecular weight excluding hydrogens is 310 g/mol. The smallest absolute Gasteiger partial charge is 0.258 e. The largest absolute Gasteiger partial charge is 0.269 e. The fraction of sp³-hybridized carbons (Fsp3) is 0.143. The number of nitro groups is 1. The van der Waals surface area contributed by atoms with Gasteiger partial charge in [-0.3, -0.25) is 10.1 Å². The van der Waals surface area contributed by atoms with Crippen molar-refractivity contribution in [2.45, 2.75) is 15.0 Å². The van der Waals surface area contributed by atoms with Gasteiger partial charge in [0.05, 0.1) is 20.8 Å². The van der Waals surface area contributed by atoms with E-state index in [2.05, 4.69) is 0 Å². The number of sulfone groups is 1. The Kier molecular flexibility index (Phi) is 3.46. The minimum absolute atomic E-state index is 0.0267. The van der Waals surface area contributed by atoms with Gasteiger partial charge in [0, 0.05) is 17.0 Å². The number of nitro benzene ring substituents is 1. The highest BCUT2D eigenvalue weighted by molar-refractivity contribution is 8.01. The zero-order valence-electron chi connectivity index (χ0n) is 10.8. The number of hydrogen-bond acceptors (Lipinski definition) is 5. The molecule has 108 valence electrons. The van der Waals surface area contributed by atoms with E-state index in [0.717, 1.165) is 10.5 Å². The molecule has 0 amide bonds. The Bertz CT molecular complexity index is 800. The maximum Gasteiger partial charge on any atom is 0.269 e.